The maximum atomic E-state index is 9.81. The van der Waals surface area contributed by atoms with Gasteiger partial charge in [-0.05, 0) is 25.7 Å². The topological polar surface area (TPSA) is 253 Å². The van der Waals surface area contributed by atoms with Crippen LogP contribution in [-0.2, 0) is 38.4 Å². The number of carbonyl (C=O) groups excluding carboxylic acids is 9. The van der Waals surface area contributed by atoms with E-state index >= 15 is 0 Å². The Morgan fingerprint density at radius 3 is 0.977 bits per heavy atom. The molecule has 0 aromatic carbocycles. The maximum Gasteiger partial charge on any atom is 0.388 e. The first-order chi connectivity index (χ1) is 21.5. The molecule has 0 bridgehead atoms. The molecule has 0 saturated heterocycles. The molecule has 0 heterocycles. The predicted molar refractivity (Wildman–Crippen MR) is 153 cm³/mol. The summed E-state index contributed by atoms with van der Waals surface area (Å²) in [5.74, 6) is 0. The lowest BCUT2D eigenvalue weighted by Gasteiger charge is -2.26. The molecule has 1 rings (SSSR count). The molecule has 1 fully saturated rings. The Labute approximate surface area is 253 Å². The highest BCUT2D eigenvalue weighted by Gasteiger charge is 2.28. The van der Waals surface area contributed by atoms with Gasteiger partial charge in [0, 0.05) is 0 Å². The lowest BCUT2D eigenvalue weighted by Crippen LogP contribution is -2.30. The van der Waals surface area contributed by atoms with Crippen molar-refractivity contribution in [2.75, 3.05) is 26.2 Å². The van der Waals surface area contributed by atoms with Crippen LogP contribution in [0.2, 0.25) is 0 Å². The molecule has 1 aliphatic carbocycles. The number of hydrogen-bond acceptors (Lipinski definition) is 15. The molecule has 0 aliphatic heterocycles. The van der Waals surface area contributed by atoms with E-state index < -0.39 is 6.03 Å². The third-order valence-corrected chi connectivity index (χ3v) is 5.21. The van der Waals surface area contributed by atoms with E-state index in [1.54, 1.807) is 12.2 Å². The van der Waals surface area contributed by atoms with E-state index in [1.807, 2.05) is 0 Å². The van der Waals surface area contributed by atoms with Crippen molar-refractivity contribution in [1.82, 2.24) is 0 Å². The normalized spacial score (nSPS) is 12.8. The first kappa shape index (κ1) is 43.2. The summed E-state index contributed by atoms with van der Waals surface area (Å²) in [4.78, 5) is 111. The van der Waals surface area contributed by atoms with Gasteiger partial charge in [0.15, 0.2) is 0 Å². The van der Waals surface area contributed by atoms with Crippen LogP contribution < -0.4 is 0 Å². The van der Waals surface area contributed by atoms with Crippen LogP contribution in [0.4, 0.5) is 4.79 Å². The maximum absolute atomic E-state index is 9.81. The number of unbranched alkanes of at least 4 members (excludes halogenated alkanes) is 9. The van der Waals surface area contributed by atoms with E-state index in [2.05, 4.69) is 39.9 Å². The van der Waals surface area contributed by atoms with E-state index in [1.165, 1.54) is 62.8 Å². The number of carbonyl (C=O) groups is 1. The molecule has 17 heteroatoms. The standard InChI is InChI=1S/C14H24N2O2.C6H6N2O2.C4H4N2O2.C3N2O3/c17-13-15-11-9-7-5-3-1-2-4-6-8-10-12-16-14-18;9-3-7-5-1-6(2-5)8-4-10;7-3-5-1-2-6-4-8;6-1-4-3(8)5-2-7/h1-12H2;5-6H,1-2H2;1-2H2;. The number of nitrogens with zero attached hydrogens (tertiary/aromatic N) is 8. The molecule has 1 saturated carbocycles. The Balaban J connectivity index is -0.000000548. The molecular formula is C27H34N8O9. The van der Waals surface area contributed by atoms with E-state index in [-0.39, 0.29) is 25.2 Å². The minimum absolute atomic E-state index is 0.0413. The third kappa shape index (κ3) is 38.9. The van der Waals surface area contributed by atoms with Crippen LogP contribution in [0, 0.1) is 0 Å². The summed E-state index contributed by atoms with van der Waals surface area (Å²) in [5, 5.41) is 0. The van der Waals surface area contributed by atoms with E-state index in [9.17, 15) is 43.2 Å². The van der Waals surface area contributed by atoms with Gasteiger partial charge in [-0.15, -0.1) is 9.98 Å². The van der Waals surface area contributed by atoms with Crippen molar-refractivity contribution in [2.45, 2.75) is 89.1 Å². The summed E-state index contributed by atoms with van der Waals surface area (Å²) in [7, 11) is 0. The molecule has 0 radical (unpaired) electrons. The van der Waals surface area contributed by atoms with Crippen LogP contribution in [-0.4, -0.2) is 92.9 Å². The zero-order chi connectivity index (χ0) is 33.4. The number of hydrogen-bond donors (Lipinski definition) is 0. The molecule has 0 N–H and O–H groups in total. The van der Waals surface area contributed by atoms with Gasteiger partial charge in [0.05, 0.1) is 38.3 Å². The highest BCUT2D eigenvalue weighted by atomic mass is 16.2. The van der Waals surface area contributed by atoms with Gasteiger partial charge < -0.3 is 0 Å². The van der Waals surface area contributed by atoms with Crippen molar-refractivity contribution in [2.24, 2.45) is 39.9 Å². The van der Waals surface area contributed by atoms with Gasteiger partial charge in [-0.2, -0.15) is 0 Å². The third-order valence-electron chi connectivity index (χ3n) is 5.21. The van der Waals surface area contributed by atoms with Crippen molar-refractivity contribution in [3.05, 3.63) is 0 Å². The smallest absolute Gasteiger partial charge is 0.242 e. The largest absolute Gasteiger partial charge is 0.388 e. The predicted octanol–water partition coefficient (Wildman–Crippen LogP) is 3.18. The van der Waals surface area contributed by atoms with Crippen LogP contribution in [0.15, 0.2) is 39.9 Å². The van der Waals surface area contributed by atoms with Crippen molar-refractivity contribution >= 4 is 54.7 Å². The van der Waals surface area contributed by atoms with Crippen LogP contribution in [0.1, 0.15) is 77.0 Å². The lowest BCUT2D eigenvalue weighted by atomic mass is 9.88. The van der Waals surface area contributed by atoms with Crippen LogP contribution in [0.5, 0.6) is 0 Å². The van der Waals surface area contributed by atoms with Gasteiger partial charge in [0.25, 0.3) is 0 Å². The molecule has 17 nitrogen and oxygen atoms in total. The molecule has 236 valence electrons. The van der Waals surface area contributed by atoms with Gasteiger partial charge in [-0.25, -0.2) is 73.1 Å². The second kappa shape index (κ2) is 39.9. The SMILES string of the molecule is O=C=NC(=O)N=C=O.O=C=NC1CC(N=C=O)C1.O=C=NCCCCCCCCCCCCN=C=O.O=C=NCCN=C=O. The Hall–Kier alpha value is -5.29. The fourth-order valence-electron chi connectivity index (χ4n) is 3.10. The number of rotatable bonds is 18. The molecule has 1 aliphatic rings. The molecule has 0 unspecified atom stereocenters. The van der Waals surface area contributed by atoms with E-state index in [0.717, 1.165) is 37.8 Å². The fraction of sp³-hybridized carbons (Fsp3) is 0.667. The Bertz CT molecular complexity index is 1080. The molecule has 0 aromatic heterocycles. The van der Waals surface area contributed by atoms with Crippen LogP contribution in [0.25, 0.3) is 0 Å². The number of urea groups is 1. The zero-order valence-corrected chi connectivity index (χ0v) is 24.2. The number of amides is 2. The van der Waals surface area contributed by atoms with Crippen molar-refractivity contribution in [3.8, 4) is 0 Å². The van der Waals surface area contributed by atoms with Crippen molar-refractivity contribution in [3.63, 3.8) is 0 Å². The second-order valence-electron chi connectivity index (χ2n) is 8.34. The minimum Gasteiger partial charge on any atom is -0.242 e. The number of isocyanates is 8. The summed E-state index contributed by atoms with van der Waals surface area (Å²) in [6.07, 6.45) is 23.8. The quantitative estimate of drug-likeness (QED) is 0.125. The molecule has 44 heavy (non-hydrogen) atoms. The van der Waals surface area contributed by atoms with E-state index in [0.29, 0.717) is 25.9 Å². The highest BCUT2D eigenvalue weighted by molar-refractivity contribution is 5.84. The summed E-state index contributed by atoms with van der Waals surface area (Å²) in [5.41, 5.74) is 0. The number of aliphatic imine (C=N–C) groups is 8. The van der Waals surface area contributed by atoms with Gasteiger partial charge in [0.2, 0.25) is 48.6 Å². The van der Waals surface area contributed by atoms with Gasteiger partial charge in [-0.1, -0.05) is 51.4 Å². The molecule has 0 aromatic rings. The monoisotopic (exact) mass is 614 g/mol. The van der Waals surface area contributed by atoms with Crippen LogP contribution in [0.3, 0.4) is 0 Å². The molecule has 2 amide bonds. The van der Waals surface area contributed by atoms with E-state index in [4.69, 9.17) is 0 Å². The minimum atomic E-state index is -1.19. The Morgan fingerprint density at radius 1 is 0.409 bits per heavy atom. The average molecular weight is 615 g/mol. The average Bonchev–Trinajstić information content (AvgIpc) is 3.00. The fourth-order valence-corrected chi connectivity index (χ4v) is 3.10. The van der Waals surface area contributed by atoms with Gasteiger partial charge in [0.1, 0.15) is 0 Å². The lowest BCUT2D eigenvalue weighted by molar-refractivity contribution is 0.257. The first-order valence-corrected chi connectivity index (χ1v) is 13.5. The Morgan fingerprint density at radius 2 is 0.705 bits per heavy atom. The van der Waals surface area contributed by atoms with Crippen molar-refractivity contribution in [1.29, 1.82) is 0 Å². The van der Waals surface area contributed by atoms with Gasteiger partial charge >= 0.3 is 6.03 Å². The first-order valence-electron chi connectivity index (χ1n) is 13.5. The summed E-state index contributed by atoms with van der Waals surface area (Å²) < 4.78 is 0. The Kier molecular flexibility index (Phi) is 39.1. The van der Waals surface area contributed by atoms with Crippen LogP contribution >= 0.6 is 0 Å². The van der Waals surface area contributed by atoms with Crippen molar-refractivity contribution < 1.29 is 43.2 Å². The molecule has 0 spiro atoms. The molecule has 0 atom stereocenters. The highest BCUT2D eigenvalue weighted by Crippen LogP contribution is 2.25. The molecular weight excluding hydrogens is 580 g/mol. The van der Waals surface area contributed by atoms with Gasteiger partial charge in [-0.3, -0.25) is 0 Å². The summed E-state index contributed by atoms with van der Waals surface area (Å²) >= 11 is 0. The second-order valence-corrected chi connectivity index (χ2v) is 8.34. The summed E-state index contributed by atoms with van der Waals surface area (Å²) in [6, 6.07) is -1.10. The summed E-state index contributed by atoms with van der Waals surface area (Å²) in [6.45, 7) is 1.71. The zero-order valence-electron chi connectivity index (χ0n) is 24.2.